The van der Waals surface area contributed by atoms with E-state index in [0.717, 1.165) is 103 Å². The zero-order valence-electron chi connectivity index (χ0n) is 38.8. The van der Waals surface area contributed by atoms with Crippen LogP contribution in [-0.4, -0.2) is 70.7 Å². The van der Waals surface area contributed by atoms with Crippen LogP contribution in [0.25, 0.3) is 0 Å². The van der Waals surface area contributed by atoms with Gasteiger partial charge < -0.3 is 27.9 Å². The third-order valence-electron chi connectivity index (χ3n) is 8.70. The summed E-state index contributed by atoms with van der Waals surface area (Å²) in [7, 11) is 1.27. The summed E-state index contributed by atoms with van der Waals surface area (Å²) in [6, 6.07) is 0. The molecule has 8 nitrogen and oxygen atoms in total. The fourth-order valence-corrected chi connectivity index (χ4v) is 5.96. The van der Waals surface area contributed by atoms with Gasteiger partial charge in [-0.15, -0.1) is 0 Å². The summed E-state index contributed by atoms with van der Waals surface area (Å²) in [4.78, 5) is 25.1. The highest BCUT2D eigenvalue weighted by molar-refractivity contribution is 7.45. The molecule has 0 N–H and O–H groups in total. The van der Waals surface area contributed by atoms with Gasteiger partial charge in [-0.3, -0.25) is 9.36 Å². The topological polar surface area (TPSA) is 94.1 Å². The number of phosphoric acid groups is 1. The predicted molar refractivity (Wildman–Crippen MR) is 258 cm³/mol. The number of esters is 1. The van der Waals surface area contributed by atoms with Gasteiger partial charge in [0.25, 0.3) is 7.82 Å². The molecule has 0 aliphatic heterocycles. The third kappa shape index (κ3) is 47.5. The van der Waals surface area contributed by atoms with Gasteiger partial charge in [0.05, 0.1) is 34.4 Å². The monoisotopic (exact) mass is 866 g/mol. The summed E-state index contributed by atoms with van der Waals surface area (Å²) in [5.41, 5.74) is 0. The van der Waals surface area contributed by atoms with Crippen molar-refractivity contribution in [3.63, 3.8) is 0 Å². The quantitative estimate of drug-likeness (QED) is 0.0199. The van der Waals surface area contributed by atoms with E-state index in [9.17, 15) is 14.3 Å². The van der Waals surface area contributed by atoms with E-state index in [1.807, 2.05) is 21.1 Å². The predicted octanol–water partition coefficient (Wildman–Crippen LogP) is 13.3. The molecule has 2 unspecified atom stereocenters. The first-order valence-electron chi connectivity index (χ1n) is 22.9. The van der Waals surface area contributed by atoms with Crippen molar-refractivity contribution in [2.75, 3.05) is 54.1 Å². The number of hydrogen-bond acceptors (Lipinski definition) is 7. The van der Waals surface area contributed by atoms with E-state index in [4.69, 9.17) is 18.5 Å². The molecule has 0 fully saturated rings. The smallest absolute Gasteiger partial charge is 0.306 e. The fourth-order valence-electron chi connectivity index (χ4n) is 5.23. The maximum Gasteiger partial charge on any atom is 0.306 e. The van der Waals surface area contributed by atoms with Gasteiger partial charge in [-0.05, 0) is 103 Å². The van der Waals surface area contributed by atoms with E-state index in [1.54, 1.807) is 0 Å². The summed E-state index contributed by atoms with van der Waals surface area (Å²) in [6.07, 6.45) is 63.4. The highest BCUT2D eigenvalue weighted by Gasteiger charge is 2.20. The van der Waals surface area contributed by atoms with Crippen LogP contribution in [0.4, 0.5) is 0 Å². The van der Waals surface area contributed by atoms with Gasteiger partial charge in [-0.25, -0.2) is 0 Å². The van der Waals surface area contributed by atoms with Crippen LogP contribution < -0.4 is 4.89 Å². The Kier molecular flexibility index (Phi) is 40.9. The minimum atomic E-state index is -4.56. The van der Waals surface area contributed by atoms with Crippen molar-refractivity contribution in [3.8, 4) is 0 Å². The summed E-state index contributed by atoms with van der Waals surface area (Å²) in [5.74, 6) is -0.410. The molecule has 0 amide bonds. The Hall–Kier alpha value is -3.36. The first kappa shape index (κ1) is 57.6. The molecular formula is C52H84NO7P. The van der Waals surface area contributed by atoms with Crippen molar-refractivity contribution >= 4 is 13.8 Å². The molecule has 0 aromatic carbocycles. The lowest BCUT2D eigenvalue weighted by atomic mass is 10.2. The Morgan fingerprint density at radius 2 is 0.902 bits per heavy atom. The number of likely N-dealkylation sites (N-methyl/N-ethyl adjacent to an activating group) is 1. The lowest BCUT2D eigenvalue weighted by Gasteiger charge is -2.28. The highest BCUT2D eigenvalue weighted by Crippen LogP contribution is 2.38. The molecule has 0 spiro atoms. The molecule has 0 rings (SSSR count). The van der Waals surface area contributed by atoms with Crippen LogP contribution in [0.1, 0.15) is 129 Å². The molecule has 0 bridgehead atoms. The molecule has 2 atom stereocenters. The van der Waals surface area contributed by atoms with Gasteiger partial charge in [-0.1, -0.05) is 154 Å². The van der Waals surface area contributed by atoms with Crippen LogP contribution >= 0.6 is 7.82 Å². The molecule has 0 saturated carbocycles. The number of nitrogens with zero attached hydrogens (tertiary/aromatic N) is 1. The van der Waals surface area contributed by atoms with Crippen LogP contribution in [0.3, 0.4) is 0 Å². The number of phosphoric ester groups is 1. The molecule has 344 valence electrons. The second kappa shape index (κ2) is 43.3. The van der Waals surface area contributed by atoms with Crippen molar-refractivity contribution in [1.82, 2.24) is 0 Å². The van der Waals surface area contributed by atoms with Gasteiger partial charge >= 0.3 is 5.97 Å². The van der Waals surface area contributed by atoms with Crippen molar-refractivity contribution < 1.29 is 37.3 Å². The number of quaternary nitrogens is 1. The molecule has 0 heterocycles. The van der Waals surface area contributed by atoms with Gasteiger partial charge in [0.2, 0.25) is 0 Å². The van der Waals surface area contributed by atoms with E-state index in [1.165, 1.54) is 0 Å². The highest BCUT2D eigenvalue weighted by atomic mass is 31.2. The van der Waals surface area contributed by atoms with Gasteiger partial charge in [-0.2, -0.15) is 0 Å². The van der Waals surface area contributed by atoms with Gasteiger partial charge in [0.1, 0.15) is 19.3 Å². The number of allylic oxidation sites excluding steroid dienone is 22. The summed E-state index contributed by atoms with van der Waals surface area (Å²) in [6.45, 7) is 4.97. The van der Waals surface area contributed by atoms with Crippen molar-refractivity contribution in [2.24, 2.45) is 0 Å². The maximum absolute atomic E-state index is 12.7. The van der Waals surface area contributed by atoms with Gasteiger partial charge in [0.15, 0.2) is 0 Å². The van der Waals surface area contributed by atoms with Crippen molar-refractivity contribution in [1.29, 1.82) is 0 Å². The zero-order chi connectivity index (χ0) is 44.8. The van der Waals surface area contributed by atoms with E-state index in [-0.39, 0.29) is 26.2 Å². The third-order valence-corrected chi connectivity index (χ3v) is 9.66. The number of carbonyl (C=O) groups excluding carboxylic acids is 1. The van der Waals surface area contributed by atoms with E-state index < -0.39 is 19.9 Å². The van der Waals surface area contributed by atoms with Crippen molar-refractivity contribution in [3.05, 3.63) is 134 Å². The Morgan fingerprint density at radius 3 is 1.31 bits per heavy atom. The Balaban J connectivity index is 4.42. The number of unbranched alkanes of at least 4 members (excludes halogenated alkanes) is 4. The molecule has 61 heavy (non-hydrogen) atoms. The van der Waals surface area contributed by atoms with Crippen LogP contribution in [0.2, 0.25) is 0 Å². The maximum atomic E-state index is 12.7. The molecule has 0 aliphatic carbocycles. The standard InChI is InChI=1S/C52H84NO7P/c1-6-8-10-12-14-16-18-20-22-24-25-26-27-28-29-30-31-33-35-37-39-41-43-45-52(54)60-51(50-59-61(55,56)58-48-46-53(3,4)5)49-57-47-44-42-40-38-36-34-32-23-21-19-17-15-13-11-9-7-2/h8-11,14-17,20-23,25-26,28-29,31,33-34,36-37,39,51H,6-7,12-13,18-19,24,27,30,32,35,38,40-50H2,1-5H3/b10-8-,11-9-,16-14-,17-15-,22-20-,23-21-,26-25-,29-28-,33-31-,36-34-,39-37-. The number of ether oxygens (including phenoxy) is 2. The lowest BCUT2D eigenvalue weighted by Crippen LogP contribution is -2.37. The first-order chi connectivity index (χ1) is 29.6. The normalized spacial score (nSPS) is 14.9. The van der Waals surface area contributed by atoms with Crippen molar-refractivity contribution in [2.45, 2.75) is 136 Å². The van der Waals surface area contributed by atoms with E-state index >= 15 is 0 Å². The van der Waals surface area contributed by atoms with E-state index in [2.05, 4.69) is 148 Å². The second-order valence-corrected chi connectivity index (χ2v) is 17.1. The number of hydrogen-bond donors (Lipinski definition) is 0. The SMILES string of the molecule is CC/C=C\C/C=C\C/C=C\C/C=C\C/C=C\C/C=C\C/C=C\CCCC(=O)OC(COCCCCC/C=C\C/C=C\C/C=C\C/C=C\CC)COP(=O)([O-])OCC[N+](C)(C)C. The molecule has 0 radical (unpaired) electrons. The van der Waals surface area contributed by atoms with E-state index in [0.29, 0.717) is 24.1 Å². The zero-order valence-corrected chi connectivity index (χ0v) is 39.7. The van der Waals surface area contributed by atoms with Crippen LogP contribution in [0.15, 0.2) is 134 Å². The van der Waals surface area contributed by atoms with Gasteiger partial charge in [0, 0.05) is 13.0 Å². The largest absolute Gasteiger partial charge is 0.756 e. The Labute approximate surface area is 373 Å². The average Bonchev–Trinajstić information content (AvgIpc) is 3.22. The molecule has 9 heteroatoms. The van der Waals surface area contributed by atoms with Crippen LogP contribution in [-0.2, 0) is 27.9 Å². The minimum Gasteiger partial charge on any atom is -0.756 e. The Morgan fingerprint density at radius 1 is 0.508 bits per heavy atom. The summed E-state index contributed by atoms with van der Waals surface area (Å²) >= 11 is 0. The summed E-state index contributed by atoms with van der Waals surface area (Å²) in [5, 5.41) is 0. The molecule has 0 aromatic rings. The molecular weight excluding hydrogens is 782 g/mol. The Bertz CT molecular complexity index is 1420. The fraction of sp³-hybridized carbons (Fsp3) is 0.558. The lowest BCUT2D eigenvalue weighted by molar-refractivity contribution is -0.870. The van der Waals surface area contributed by atoms with Crippen LogP contribution in [0, 0.1) is 0 Å². The number of rotatable bonds is 40. The first-order valence-corrected chi connectivity index (χ1v) is 24.4. The second-order valence-electron chi connectivity index (χ2n) is 15.6. The number of carbonyl (C=O) groups is 1. The summed E-state index contributed by atoms with van der Waals surface area (Å²) < 4.78 is 34.5. The van der Waals surface area contributed by atoms with Crippen LogP contribution in [0.5, 0.6) is 0 Å². The molecule has 0 aliphatic rings. The molecule has 0 aromatic heterocycles. The average molecular weight is 866 g/mol. The minimum absolute atomic E-state index is 0.000243. The molecule has 0 saturated heterocycles.